The Balaban J connectivity index is 1.78. The van der Waals surface area contributed by atoms with E-state index in [2.05, 4.69) is 5.32 Å². The van der Waals surface area contributed by atoms with E-state index >= 15 is 0 Å². The fourth-order valence-corrected chi connectivity index (χ4v) is 4.06. The molecule has 1 fully saturated rings. The van der Waals surface area contributed by atoms with E-state index in [1.807, 2.05) is 55.5 Å². The van der Waals surface area contributed by atoms with E-state index in [1.165, 1.54) is 5.56 Å². The highest BCUT2D eigenvalue weighted by Crippen LogP contribution is 2.36. The lowest BCUT2D eigenvalue weighted by molar-refractivity contribution is -0.121. The van der Waals surface area contributed by atoms with Gasteiger partial charge in [0, 0.05) is 25.3 Å². The van der Waals surface area contributed by atoms with Crippen LogP contribution in [0.4, 0.5) is 0 Å². The molecule has 30 heavy (non-hydrogen) atoms. The van der Waals surface area contributed by atoms with Crippen LogP contribution in [0.25, 0.3) is 0 Å². The molecular weight excluding hydrogens is 378 g/mol. The van der Waals surface area contributed by atoms with Crippen LogP contribution in [-0.4, -0.2) is 46.1 Å². The number of benzene rings is 1. The van der Waals surface area contributed by atoms with Gasteiger partial charge in [-0.25, -0.2) is 0 Å². The first-order valence-corrected chi connectivity index (χ1v) is 11.2. The molecular formula is C25H37NO4. The van der Waals surface area contributed by atoms with Crippen molar-refractivity contribution in [3.63, 3.8) is 0 Å². The number of rotatable bonds is 12. The molecule has 4 N–H and O–H groups in total. The molecule has 0 bridgehead atoms. The van der Waals surface area contributed by atoms with Crippen LogP contribution < -0.4 is 5.32 Å². The standard InChI is InChI=1S/C25H37NO4/c1-2-26-25(30)13-9-4-3-8-12-21-22(24(29)18-23(21)28)17-16-20(27)15-14-19-10-6-5-7-11-19/h3,5-8,10-11,16-17,20-24,27-29H,2,4,9,12-15,18H2,1H3,(H,26,30)/b8-3-,17-16+/t20-,21-,22-,23+,24+/m1/s1. The van der Waals surface area contributed by atoms with E-state index in [0.717, 1.165) is 19.3 Å². The molecule has 1 aliphatic rings. The van der Waals surface area contributed by atoms with Crippen LogP contribution in [0.15, 0.2) is 54.6 Å². The molecule has 5 heteroatoms. The summed E-state index contributed by atoms with van der Waals surface area (Å²) < 4.78 is 0. The quantitative estimate of drug-likeness (QED) is 0.312. The minimum atomic E-state index is -0.589. The Hall–Kier alpha value is -1.95. The predicted molar refractivity (Wildman–Crippen MR) is 120 cm³/mol. The number of nitrogens with one attached hydrogen (secondary N) is 1. The highest BCUT2D eigenvalue weighted by molar-refractivity contribution is 5.75. The SMILES string of the molecule is CCNC(=O)CCC/C=C\C[C@@H]1[C@@H](/C=C/[C@H](O)CCc2ccccc2)[C@@H](O)C[C@@H]1O. The first-order valence-electron chi connectivity index (χ1n) is 11.2. The fourth-order valence-electron chi connectivity index (χ4n) is 4.06. The van der Waals surface area contributed by atoms with Crippen molar-refractivity contribution in [1.29, 1.82) is 0 Å². The Bertz CT molecular complexity index is 673. The number of carbonyl (C=O) groups is 1. The molecule has 0 aliphatic heterocycles. The first kappa shape index (κ1) is 24.3. The highest BCUT2D eigenvalue weighted by Gasteiger charge is 2.39. The van der Waals surface area contributed by atoms with Crippen LogP contribution in [0.5, 0.6) is 0 Å². The Morgan fingerprint density at radius 1 is 1.20 bits per heavy atom. The third-order valence-electron chi connectivity index (χ3n) is 5.77. The molecule has 1 aromatic rings. The molecule has 166 valence electrons. The van der Waals surface area contributed by atoms with Crippen LogP contribution in [0.2, 0.25) is 0 Å². The number of aliphatic hydroxyl groups excluding tert-OH is 3. The number of hydrogen-bond donors (Lipinski definition) is 4. The molecule has 0 aromatic heterocycles. The summed E-state index contributed by atoms with van der Waals surface area (Å²) in [6.45, 7) is 2.57. The van der Waals surface area contributed by atoms with Crippen molar-refractivity contribution in [3.8, 4) is 0 Å². The van der Waals surface area contributed by atoms with Crippen LogP contribution in [0.3, 0.4) is 0 Å². The number of amides is 1. The summed E-state index contributed by atoms with van der Waals surface area (Å²) >= 11 is 0. The minimum Gasteiger partial charge on any atom is -0.393 e. The number of carbonyl (C=O) groups excluding carboxylic acids is 1. The molecule has 0 unspecified atom stereocenters. The number of hydrogen-bond acceptors (Lipinski definition) is 4. The van der Waals surface area contributed by atoms with Gasteiger partial charge >= 0.3 is 0 Å². The second-order valence-electron chi connectivity index (χ2n) is 8.14. The van der Waals surface area contributed by atoms with E-state index in [4.69, 9.17) is 0 Å². The topological polar surface area (TPSA) is 89.8 Å². The molecule has 1 aromatic carbocycles. The lowest BCUT2D eigenvalue weighted by Gasteiger charge is -2.19. The van der Waals surface area contributed by atoms with Crippen molar-refractivity contribution in [2.24, 2.45) is 11.8 Å². The molecule has 1 saturated carbocycles. The van der Waals surface area contributed by atoms with Gasteiger partial charge < -0.3 is 20.6 Å². The average molecular weight is 416 g/mol. The summed E-state index contributed by atoms with van der Waals surface area (Å²) in [7, 11) is 0. The Morgan fingerprint density at radius 3 is 2.70 bits per heavy atom. The van der Waals surface area contributed by atoms with Crippen molar-refractivity contribution < 1.29 is 20.1 Å². The Kier molecular flexibility index (Phi) is 10.8. The Labute approximate surface area is 180 Å². The van der Waals surface area contributed by atoms with Crippen LogP contribution in [0.1, 0.15) is 51.0 Å². The number of aliphatic hydroxyl groups is 3. The average Bonchev–Trinajstić information content (AvgIpc) is 3.00. The normalized spacial score (nSPS) is 25.2. The summed E-state index contributed by atoms with van der Waals surface area (Å²) in [5, 5.41) is 33.8. The van der Waals surface area contributed by atoms with E-state index < -0.39 is 18.3 Å². The lowest BCUT2D eigenvalue weighted by Crippen LogP contribution is -2.21. The Morgan fingerprint density at radius 2 is 1.97 bits per heavy atom. The zero-order chi connectivity index (χ0) is 21.8. The predicted octanol–water partition coefficient (Wildman–Crippen LogP) is 3.15. The molecule has 1 amide bonds. The van der Waals surface area contributed by atoms with Gasteiger partial charge in [-0.2, -0.15) is 0 Å². The maximum atomic E-state index is 11.4. The van der Waals surface area contributed by atoms with Crippen molar-refractivity contribution in [3.05, 3.63) is 60.2 Å². The number of allylic oxidation sites excluding steroid dienone is 2. The lowest BCUT2D eigenvalue weighted by atomic mass is 9.89. The summed E-state index contributed by atoms with van der Waals surface area (Å²) in [5.41, 5.74) is 1.19. The van der Waals surface area contributed by atoms with Gasteiger partial charge in [0.15, 0.2) is 0 Å². The summed E-state index contributed by atoms with van der Waals surface area (Å²) in [6, 6.07) is 10.1. The first-order chi connectivity index (χ1) is 14.5. The van der Waals surface area contributed by atoms with Crippen molar-refractivity contribution in [2.75, 3.05) is 6.54 Å². The van der Waals surface area contributed by atoms with E-state index in [1.54, 1.807) is 6.08 Å². The summed E-state index contributed by atoms with van der Waals surface area (Å²) in [4.78, 5) is 11.4. The smallest absolute Gasteiger partial charge is 0.219 e. The molecule has 0 saturated heterocycles. The van der Waals surface area contributed by atoms with E-state index in [9.17, 15) is 20.1 Å². The van der Waals surface area contributed by atoms with Gasteiger partial charge in [0.2, 0.25) is 5.91 Å². The number of unbranched alkanes of at least 4 members (excludes halogenated alkanes) is 1. The third-order valence-corrected chi connectivity index (χ3v) is 5.77. The molecule has 5 atom stereocenters. The summed E-state index contributed by atoms with van der Waals surface area (Å²) in [5.74, 6) is -0.139. The molecule has 0 spiro atoms. The van der Waals surface area contributed by atoms with E-state index in [-0.39, 0.29) is 17.7 Å². The molecule has 5 nitrogen and oxygen atoms in total. The highest BCUT2D eigenvalue weighted by atomic mass is 16.3. The monoisotopic (exact) mass is 415 g/mol. The minimum absolute atomic E-state index is 0.0581. The zero-order valence-electron chi connectivity index (χ0n) is 18.0. The zero-order valence-corrected chi connectivity index (χ0v) is 18.0. The maximum Gasteiger partial charge on any atom is 0.219 e. The van der Waals surface area contributed by atoms with Gasteiger partial charge in [-0.3, -0.25) is 4.79 Å². The van der Waals surface area contributed by atoms with Gasteiger partial charge in [0.05, 0.1) is 18.3 Å². The molecule has 2 rings (SSSR count). The van der Waals surface area contributed by atoms with Gasteiger partial charge in [0.1, 0.15) is 0 Å². The van der Waals surface area contributed by atoms with E-state index in [0.29, 0.717) is 32.2 Å². The molecule has 0 radical (unpaired) electrons. The van der Waals surface area contributed by atoms with Crippen molar-refractivity contribution in [1.82, 2.24) is 5.32 Å². The van der Waals surface area contributed by atoms with Crippen LogP contribution >= 0.6 is 0 Å². The summed E-state index contributed by atoms with van der Waals surface area (Å²) in [6.07, 6.45) is 10.6. The second kappa shape index (κ2) is 13.4. The van der Waals surface area contributed by atoms with Gasteiger partial charge in [-0.05, 0) is 50.5 Å². The maximum absolute atomic E-state index is 11.4. The van der Waals surface area contributed by atoms with Gasteiger partial charge in [0.25, 0.3) is 0 Å². The van der Waals surface area contributed by atoms with Crippen LogP contribution in [-0.2, 0) is 11.2 Å². The largest absolute Gasteiger partial charge is 0.393 e. The van der Waals surface area contributed by atoms with Crippen molar-refractivity contribution in [2.45, 2.75) is 70.2 Å². The van der Waals surface area contributed by atoms with Crippen molar-refractivity contribution >= 4 is 5.91 Å². The number of aryl methyl sites for hydroxylation is 1. The fraction of sp³-hybridized carbons (Fsp3) is 0.560. The van der Waals surface area contributed by atoms with Crippen LogP contribution in [0, 0.1) is 11.8 Å². The second-order valence-corrected chi connectivity index (χ2v) is 8.14. The molecule has 0 heterocycles. The van der Waals surface area contributed by atoms with Gasteiger partial charge in [-0.1, -0.05) is 54.6 Å². The third kappa shape index (κ3) is 8.42. The molecule has 1 aliphatic carbocycles. The van der Waals surface area contributed by atoms with Gasteiger partial charge in [-0.15, -0.1) is 0 Å².